The Morgan fingerprint density at radius 1 is 1.36 bits per heavy atom. The molecule has 0 aromatic heterocycles. The number of likely N-dealkylation sites (tertiary alicyclic amines) is 1. The Hall–Kier alpha value is -1.95. The largest absolute Gasteiger partial charge is 0.349 e. The number of nitrogens with two attached hydrogens (primary N) is 1. The third kappa shape index (κ3) is 4.57. The number of nitrogens with zero attached hydrogens (tertiary/aromatic N) is 1. The molecule has 2 rings (SSSR count). The minimum absolute atomic E-state index is 0.0572. The number of hydrogen-bond donors (Lipinski definition) is 2. The molecule has 3 N–H and O–H groups in total. The quantitative estimate of drug-likeness (QED) is 0.855. The molecule has 1 heterocycles. The second-order valence-electron chi connectivity index (χ2n) is 7.36. The van der Waals surface area contributed by atoms with Gasteiger partial charge in [-0.2, -0.15) is 0 Å². The number of piperidine rings is 1. The minimum Gasteiger partial charge on any atom is -0.349 e. The highest BCUT2D eigenvalue weighted by atomic mass is 19.1. The summed E-state index contributed by atoms with van der Waals surface area (Å²) in [6.07, 6.45) is 1.52. The minimum atomic E-state index is -0.458. The van der Waals surface area contributed by atoms with Crippen molar-refractivity contribution in [2.45, 2.75) is 39.2 Å². The van der Waals surface area contributed by atoms with Gasteiger partial charge >= 0.3 is 0 Å². The monoisotopic (exact) mass is 349 g/mol. The summed E-state index contributed by atoms with van der Waals surface area (Å²) in [5.74, 6) is -0.631. The maximum absolute atomic E-state index is 13.0. The van der Waals surface area contributed by atoms with E-state index in [0.29, 0.717) is 25.2 Å². The molecule has 1 aliphatic rings. The first kappa shape index (κ1) is 19.4. The Kier molecular flexibility index (Phi) is 6.16. The predicted octanol–water partition coefficient (Wildman–Crippen LogP) is 2.17. The van der Waals surface area contributed by atoms with Crippen LogP contribution in [0.1, 0.15) is 44.0 Å². The molecule has 2 unspecified atom stereocenters. The van der Waals surface area contributed by atoms with E-state index in [1.54, 1.807) is 4.90 Å². The van der Waals surface area contributed by atoms with Gasteiger partial charge in [0.05, 0.1) is 11.5 Å². The van der Waals surface area contributed by atoms with Crippen LogP contribution in [0.3, 0.4) is 0 Å². The van der Waals surface area contributed by atoms with Crippen molar-refractivity contribution in [2.24, 2.45) is 17.6 Å². The second-order valence-corrected chi connectivity index (χ2v) is 7.36. The lowest BCUT2D eigenvalue weighted by molar-refractivity contribution is -0.128. The molecule has 0 radical (unpaired) electrons. The van der Waals surface area contributed by atoms with Crippen LogP contribution in [-0.2, 0) is 4.79 Å². The molecule has 5 nitrogen and oxygen atoms in total. The van der Waals surface area contributed by atoms with Gasteiger partial charge in [-0.1, -0.05) is 13.8 Å². The van der Waals surface area contributed by atoms with Crippen LogP contribution in [0.5, 0.6) is 0 Å². The summed E-state index contributed by atoms with van der Waals surface area (Å²) >= 11 is 0. The first-order chi connectivity index (χ1) is 11.8. The molecule has 1 saturated heterocycles. The second kappa shape index (κ2) is 7.95. The summed E-state index contributed by atoms with van der Waals surface area (Å²) in [7, 11) is 0. The van der Waals surface area contributed by atoms with E-state index >= 15 is 0 Å². The van der Waals surface area contributed by atoms with E-state index in [9.17, 15) is 14.0 Å². The van der Waals surface area contributed by atoms with E-state index in [0.717, 1.165) is 12.8 Å². The van der Waals surface area contributed by atoms with Gasteiger partial charge in [-0.05, 0) is 49.9 Å². The summed E-state index contributed by atoms with van der Waals surface area (Å²) < 4.78 is 13.0. The third-order valence-corrected chi connectivity index (χ3v) is 5.28. The molecule has 2 amide bonds. The highest BCUT2D eigenvalue weighted by Crippen LogP contribution is 2.22. The van der Waals surface area contributed by atoms with E-state index in [-0.39, 0.29) is 29.5 Å². The molecule has 1 aromatic rings. The normalized spacial score (nSPS) is 20.2. The standard InChI is InChI=1S/C19H28FN3O2/c1-13(2)19(3,12-21)22-17(24)15-5-4-10-23(11-15)18(25)14-6-8-16(20)9-7-14/h6-9,13,15H,4-5,10-12,21H2,1-3H3,(H,22,24). The van der Waals surface area contributed by atoms with Crippen LogP contribution in [0.25, 0.3) is 0 Å². The molecule has 0 saturated carbocycles. The van der Waals surface area contributed by atoms with Crippen LogP contribution >= 0.6 is 0 Å². The number of rotatable bonds is 5. The molecule has 25 heavy (non-hydrogen) atoms. The van der Waals surface area contributed by atoms with Gasteiger partial charge in [0.25, 0.3) is 5.91 Å². The van der Waals surface area contributed by atoms with E-state index in [1.165, 1.54) is 24.3 Å². The molecule has 1 aromatic carbocycles. The molecule has 2 atom stereocenters. The summed E-state index contributed by atoms with van der Waals surface area (Å²) in [5.41, 5.74) is 5.82. The molecule has 6 heteroatoms. The first-order valence-electron chi connectivity index (χ1n) is 8.84. The van der Waals surface area contributed by atoms with Crippen LogP contribution in [0.15, 0.2) is 24.3 Å². The van der Waals surface area contributed by atoms with Gasteiger partial charge < -0.3 is 16.0 Å². The van der Waals surface area contributed by atoms with Crippen molar-refractivity contribution >= 4 is 11.8 Å². The van der Waals surface area contributed by atoms with E-state index in [4.69, 9.17) is 5.73 Å². The molecule has 0 bridgehead atoms. The number of amides is 2. The zero-order valence-corrected chi connectivity index (χ0v) is 15.2. The predicted molar refractivity (Wildman–Crippen MR) is 95.5 cm³/mol. The van der Waals surface area contributed by atoms with Gasteiger partial charge in [0.2, 0.25) is 5.91 Å². The fraction of sp³-hybridized carbons (Fsp3) is 0.579. The van der Waals surface area contributed by atoms with Crippen molar-refractivity contribution in [3.05, 3.63) is 35.6 Å². The zero-order valence-electron chi connectivity index (χ0n) is 15.2. The van der Waals surface area contributed by atoms with E-state index in [2.05, 4.69) is 5.32 Å². The van der Waals surface area contributed by atoms with Crippen molar-refractivity contribution < 1.29 is 14.0 Å². The average molecular weight is 349 g/mol. The van der Waals surface area contributed by atoms with Crippen LogP contribution in [-0.4, -0.2) is 41.9 Å². The maximum atomic E-state index is 13.0. The Morgan fingerprint density at radius 2 is 2.00 bits per heavy atom. The van der Waals surface area contributed by atoms with Gasteiger partial charge in [0.1, 0.15) is 5.82 Å². The van der Waals surface area contributed by atoms with Crippen LogP contribution in [0.2, 0.25) is 0 Å². The lowest BCUT2D eigenvalue weighted by Crippen LogP contribution is -2.58. The molecule has 1 fully saturated rings. The van der Waals surface area contributed by atoms with E-state index in [1.807, 2.05) is 20.8 Å². The number of nitrogens with one attached hydrogen (secondary N) is 1. The SMILES string of the molecule is CC(C)C(C)(CN)NC(=O)C1CCCN(C(=O)c2ccc(F)cc2)C1. The topological polar surface area (TPSA) is 75.4 Å². The van der Waals surface area contributed by atoms with Gasteiger partial charge in [0.15, 0.2) is 0 Å². The number of carbonyl (C=O) groups is 2. The van der Waals surface area contributed by atoms with Crippen LogP contribution in [0.4, 0.5) is 4.39 Å². The third-order valence-electron chi connectivity index (χ3n) is 5.28. The van der Waals surface area contributed by atoms with Crippen LogP contribution < -0.4 is 11.1 Å². The number of hydrogen-bond acceptors (Lipinski definition) is 3. The highest BCUT2D eigenvalue weighted by molar-refractivity contribution is 5.94. The van der Waals surface area contributed by atoms with E-state index < -0.39 is 5.54 Å². The summed E-state index contributed by atoms with van der Waals surface area (Å²) in [6, 6.07) is 5.50. The lowest BCUT2D eigenvalue weighted by Gasteiger charge is -2.37. The van der Waals surface area contributed by atoms with Crippen molar-refractivity contribution in [1.82, 2.24) is 10.2 Å². The highest BCUT2D eigenvalue weighted by Gasteiger charge is 2.34. The van der Waals surface area contributed by atoms with Gasteiger partial charge in [-0.25, -0.2) is 4.39 Å². The zero-order chi connectivity index (χ0) is 18.6. The molecular formula is C19H28FN3O2. The van der Waals surface area contributed by atoms with Gasteiger partial charge in [-0.3, -0.25) is 9.59 Å². The molecule has 1 aliphatic heterocycles. The maximum Gasteiger partial charge on any atom is 0.253 e. The summed E-state index contributed by atoms with van der Waals surface area (Å²) in [4.78, 5) is 26.9. The van der Waals surface area contributed by atoms with Crippen LogP contribution in [0, 0.1) is 17.7 Å². The summed E-state index contributed by atoms with van der Waals surface area (Å²) in [6.45, 7) is 7.34. The van der Waals surface area contributed by atoms with Crippen molar-refractivity contribution in [3.63, 3.8) is 0 Å². The number of halogens is 1. The number of benzene rings is 1. The number of carbonyl (C=O) groups excluding carboxylic acids is 2. The first-order valence-corrected chi connectivity index (χ1v) is 8.84. The molecule has 138 valence electrons. The molecule has 0 spiro atoms. The Balaban J connectivity index is 2.03. The van der Waals surface area contributed by atoms with Gasteiger partial charge in [-0.15, -0.1) is 0 Å². The van der Waals surface area contributed by atoms with Crippen molar-refractivity contribution in [1.29, 1.82) is 0 Å². The fourth-order valence-corrected chi connectivity index (χ4v) is 2.97. The van der Waals surface area contributed by atoms with Gasteiger partial charge in [0, 0.05) is 25.2 Å². The Bertz CT molecular complexity index is 618. The lowest BCUT2D eigenvalue weighted by atomic mass is 9.87. The smallest absolute Gasteiger partial charge is 0.253 e. The molecule has 0 aliphatic carbocycles. The summed E-state index contributed by atoms with van der Waals surface area (Å²) in [5, 5.41) is 3.07. The Morgan fingerprint density at radius 3 is 2.56 bits per heavy atom. The molecular weight excluding hydrogens is 321 g/mol. The Labute approximate surface area is 148 Å². The van der Waals surface area contributed by atoms with Crippen molar-refractivity contribution in [3.8, 4) is 0 Å². The average Bonchev–Trinajstić information content (AvgIpc) is 2.61. The fourth-order valence-electron chi connectivity index (χ4n) is 2.97. The van der Waals surface area contributed by atoms with Crippen molar-refractivity contribution in [2.75, 3.05) is 19.6 Å².